The van der Waals surface area contributed by atoms with E-state index >= 15 is 0 Å². The average molecular weight is 265 g/mol. The molecule has 0 N–H and O–H groups in total. The van der Waals surface area contributed by atoms with Gasteiger partial charge in [0.2, 0.25) is 0 Å². The summed E-state index contributed by atoms with van der Waals surface area (Å²) in [6, 6.07) is 21.6. The first-order valence-corrected chi connectivity index (χ1v) is 7.76. The van der Waals surface area contributed by atoms with Gasteiger partial charge in [-0.3, -0.25) is 0 Å². The van der Waals surface area contributed by atoms with Gasteiger partial charge in [0.1, 0.15) is 0 Å². The van der Waals surface area contributed by atoms with Gasteiger partial charge < -0.3 is 0 Å². The smallest absolute Gasteiger partial charge is 0.0276 e. The Morgan fingerprint density at radius 2 is 1.35 bits per heavy atom. The molecule has 0 spiro atoms. The summed E-state index contributed by atoms with van der Waals surface area (Å²) in [6.07, 6.45) is 8.63. The van der Waals surface area contributed by atoms with E-state index in [4.69, 9.17) is 0 Å². The fraction of sp³-hybridized carbons (Fsp3) is 0.350. The molecule has 0 heterocycles. The summed E-state index contributed by atoms with van der Waals surface area (Å²) in [5.74, 6) is 0.714. The van der Waals surface area contributed by atoms with E-state index in [1.807, 2.05) is 0 Å². The topological polar surface area (TPSA) is 0 Å². The Morgan fingerprint density at radius 1 is 0.800 bits per heavy atom. The molecule has 0 saturated heterocycles. The van der Waals surface area contributed by atoms with Gasteiger partial charge in [-0.2, -0.15) is 0 Å². The molecule has 0 fully saturated rings. The van der Waals surface area contributed by atoms with Crippen LogP contribution < -0.4 is 0 Å². The number of hydrogen-bond acceptors (Lipinski definition) is 0. The maximum Gasteiger partial charge on any atom is -0.0276 e. The maximum absolute atomic E-state index is 2.49. The van der Waals surface area contributed by atoms with E-state index in [-0.39, 0.29) is 0 Å². The fourth-order valence-electron chi connectivity index (χ4n) is 2.51. The van der Waals surface area contributed by atoms with E-state index in [2.05, 4.69) is 74.0 Å². The second kappa shape index (κ2) is 8.58. The summed E-state index contributed by atoms with van der Waals surface area (Å²) in [5, 5.41) is 0. The molecule has 1 atom stereocenters. The first-order chi connectivity index (χ1) is 9.84. The predicted molar refractivity (Wildman–Crippen MR) is 87.6 cm³/mol. The van der Waals surface area contributed by atoms with Crippen LogP contribution in [0.2, 0.25) is 0 Å². The van der Waals surface area contributed by atoms with Crippen LogP contribution in [-0.2, 0) is 12.8 Å². The summed E-state index contributed by atoms with van der Waals surface area (Å²) < 4.78 is 0. The van der Waals surface area contributed by atoms with Gasteiger partial charge >= 0.3 is 0 Å². The molecule has 1 radical (unpaired) electrons. The van der Waals surface area contributed by atoms with Crippen LogP contribution in [0.15, 0.2) is 60.7 Å². The van der Waals surface area contributed by atoms with E-state index in [0.29, 0.717) is 5.92 Å². The molecular weight excluding hydrogens is 240 g/mol. The summed E-state index contributed by atoms with van der Waals surface area (Å²) in [4.78, 5) is 0. The highest BCUT2D eigenvalue weighted by atomic mass is 14.1. The van der Waals surface area contributed by atoms with Crippen LogP contribution in [0.25, 0.3) is 0 Å². The highest BCUT2D eigenvalue weighted by Crippen LogP contribution is 2.15. The van der Waals surface area contributed by atoms with Crippen molar-refractivity contribution in [2.24, 2.45) is 5.92 Å². The van der Waals surface area contributed by atoms with Crippen molar-refractivity contribution in [2.75, 3.05) is 0 Å². The van der Waals surface area contributed by atoms with Crippen LogP contribution in [0.3, 0.4) is 0 Å². The molecule has 0 amide bonds. The van der Waals surface area contributed by atoms with Gasteiger partial charge in [0, 0.05) is 0 Å². The molecule has 0 bridgehead atoms. The highest BCUT2D eigenvalue weighted by Gasteiger charge is 2.03. The van der Waals surface area contributed by atoms with Crippen molar-refractivity contribution >= 4 is 0 Å². The summed E-state index contributed by atoms with van der Waals surface area (Å²) in [5.41, 5.74) is 2.91. The lowest BCUT2D eigenvalue weighted by atomic mass is 9.95. The fourth-order valence-corrected chi connectivity index (χ4v) is 2.51. The maximum atomic E-state index is 2.49. The second-order valence-corrected chi connectivity index (χ2v) is 5.62. The molecule has 0 aliphatic carbocycles. The molecule has 0 aromatic heterocycles. The minimum atomic E-state index is 0.714. The van der Waals surface area contributed by atoms with E-state index in [1.165, 1.54) is 43.2 Å². The normalized spacial score (nSPS) is 12.2. The van der Waals surface area contributed by atoms with E-state index in [9.17, 15) is 0 Å². The monoisotopic (exact) mass is 265 g/mol. The van der Waals surface area contributed by atoms with Crippen molar-refractivity contribution in [3.8, 4) is 0 Å². The zero-order valence-electron chi connectivity index (χ0n) is 12.5. The van der Waals surface area contributed by atoms with E-state index in [0.717, 1.165) is 0 Å². The van der Waals surface area contributed by atoms with Crippen LogP contribution in [0, 0.1) is 12.3 Å². The van der Waals surface area contributed by atoms with Gasteiger partial charge in [0.25, 0.3) is 0 Å². The Labute approximate surface area is 123 Å². The molecule has 0 heteroatoms. The van der Waals surface area contributed by atoms with Gasteiger partial charge in [-0.25, -0.2) is 0 Å². The van der Waals surface area contributed by atoms with Crippen molar-refractivity contribution < 1.29 is 0 Å². The highest BCUT2D eigenvalue weighted by molar-refractivity contribution is 5.15. The number of aryl methyl sites for hydroxylation is 2. The summed E-state index contributed by atoms with van der Waals surface area (Å²) >= 11 is 0. The predicted octanol–water partition coefficient (Wildman–Crippen LogP) is 5.48. The Kier molecular flexibility index (Phi) is 6.37. The number of benzene rings is 2. The van der Waals surface area contributed by atoms with Crippen LogP contribution in [0.4, 0.5) is 0 Å². The Hall–Kier alpha value is -1.56. The molecule has 0 aliphatic rings. The average Bonchev–Trinajstić information content (AvgIpc) is 2.52. The first-order valence-electron chi connectivity index (χ1n) is 7.76. The van der Waals surface area contributed by atoms with Gasteiger partial charge in [-0.05, 0) is 55.6 Å². The molecule has 105 valence electrons. The van der Waals surface area contributed by atoms with E-state index in [1.54, 1.807) is 0 Å². The largest absolute Gasteiger partial charge is 0.0622 e. The third-order valence-electron chi connectivity index (χ3n) is 3.81. The molecule has 1 unspecified atom stereocenters. The third kappa shape index (κ3) is 5.61. The lowest BCUT2D eigenvalue weighted by molar-refractivity contribution is 0.571. The van der Waals surface area contributed by atoms with E-state index < -0.39 is 0 Å². The zero-order valence-corrected chi connectivity index (χ0v) is 12.5. The van der Waals surface area contributed by atoms with Crippen LogP contribution in [0.5, 0.6) is 0 Å². The number of rotatable bonds is 8. The molecule has 0 aliphatic heterocycles. The first kappa shape index (κ1) is 14.8. The van der Waals surface area contributed by atoms with Crippen molar-refractivity contribution in [1.29, 1.82) is 0 Å². The quantitative estimate of drug-likeness (QED) is 0.554. The summed E-state index contributed by atoms with van der Waals surface area (Å²) in [6.45, 7) is 2.34. The zero-order chi connectivity index (χ0) is 14.0. The Balaban J connectivity index is 1.57. The van der Waals surface area contributed by atoms with Crippen LogP contribution in [-0.4, -0.2) is 0 Å². The van der Waals surface area contributed by atoms with Gasteiger partial charge in [0.05, 0.1) is 0 Å². The lowest BCUT2D eigenvalue weighted by Gasteiger charge is -2.11. The van der Waals surface area contributed by atoms with Crippen molar-refractivity contribution in [1.82, 2.24) is 0 Å². The molecule has 2 rings (SSSR count). The van der Waals surface area contributed by atoms with Gasteiger partial charge in [-0.15, -0.1) is 0 Å². The second-order valence-electron chi connectivity index (χ2n) is 5.62. The van der Waals surface area contributed by atoms with Gasteiger partial charge in [0.15, 0.2) is 0 Å². The van der Waals surface area contributed by atoms with Crippen LogP contribution >= 0.6 is 0 Å². The molecule has 0 saturated carbocycles. The van der Waals surface area contributed by atoms with Crippen molar-refractivity contribution in [2.45, 2.75) is 39.0 Å². The van der Waals surface area contributed by atoms with Crippen LogP contribution in [0.1, 0.15) is 37.3 Å². The molecular formula is C20H25. The molecule has 20 heavy (non-hydrogen) atoms. The Bertz CT molecular complexity index is 458. The van der Waals surface area contributed by atoms with Gasteiger partial charge in [-0.1, -0.05) is 67.6 Å². The SMILES string of the molecule is CC([CH]CCCc1ccccc1)CCc1ccccc1. The molecule has 2 aromatic carbocycles. The molecule has 0 nitrogen and oxygen atoms in total. The van der Waals surface area contributed by atoms with Crippen molar-refractivity contribution in [3.05, 3.63) is 78.2 Å². The standard InChI is InChI=1S/C20H25/c1-18(16-17-20-13-6-3-7-14-20)10-8-9-15-19-11-4-2-5-12-19/h2-7,10-14,18H,8-9,15-17H2,1H3. The summed E-state index contributed by atoms with van der Waals surface area (Å²) in [7, 11) is 0. The minimum absolute atomic E-state index is 0.714. The lowest BCUT2D eigenvalue weighted by Crippen LogP contribution is -1.99. The number of hydrogen-bond donors (Lipinski definition) is 0. The molecule has 2 aromatic rings. The number of unbranched alkanes of at least 4 members (excludes halogenated alkanes) is 1. The van der Waals surface area contributed by atoms with Crippen molar-refractivity contribution in [3.63, 3.8) is 0 Å². The minimum Gasteiger partial charge on any atom is -0.0622 e. The third-order valence-corrected chi connectivity index (χ3v) is 3.81. The Morgan fingerprint density at radius 3 is 1.95 bits per heavy atom.